The zero-order valence-corrected chi connectivity index (χ0v) is 17.7. The first-order chi connectivity index (χ1) is 13.6. The number of hydrogen-bond donors (Lipinski definition) is 2. The zero-order chi connectivity index (χ0) is 21.4. The molecule has 5 heteroatoms. The van der Waals surface area contributed by atoms with Gasteiger partial charge in [-0.05, 0) is 80.5 Å². The molecule has 5 nitrogen and oxygen atoms in total. The first kappa shape index (κ1) is 20.9. The van der Waals surface area contributed by atoms with Gasteiger partial charge in [-0.25, -0.2) is 0 Å². The number of ether oxygens (including phenoxy) is 1. The van der Waals surface area contributed by atoms with Crippen molar-refractivity contribution in [2.24, 2.45) is 16.7 Å². The number of hydrogen-bond acceptors (Lipinski definition) is 3. The molecule has 2 atom stereocenters. The zero-order valence-electron chi connectivity index (χ0n) is 17.7. The number of carbonyl (C=O) groups is 2. The Balaban J connectivity index is 1.69. The lowest BCUT2D eigenvalue weighted by atomic mass is 9.65. The fourth-order valence-electron chi connectivity index (χ4n) is 4.14. The Kier molecular flexibility index (Phi) is 5.44. The number of amides is 1. The molecule has 0 spiro atoms. The topological polar surface area (TPSA) is 75.6 Å². The maximum absolute atomic E-state index is 12.9. The summed E-state index contributed by atoms with van der Waals surface area (Å²) in [6.45, 7) is 9.55. The van der Waals surface area contributed by atoms with Crippen molar-refractivity contribution in [3.05, 3.63) is 53.6 Å². The summed E-state index contributed by atoms with van der Waals surface area (Å²) in [7, 11) is 0. The summed E-state index contributed by atoms with van der Waals surface area (Å²) in [6.07, 6.45) is 1.06. The maximum atomic E-state index is 12.9. The summed E-state index contributed by atoms with van der Waals surface area (Å²) < 4.78 is 5.96. The summed E-state index contributed by atoms with van der Waals surface area (Å²) in [5.41, 5.74) is 1.39. The molecule has 154 valence electrons. The standard InChI is InChI=1S/C24H29NO4/c1-15-7-6-8-20(16(15)2)29-18-11-9-17(10-12-18)25-21(26)19-13-14-24(5,22(27)28)23(19,3)4/h6-12,19H,13-14H2,1-5H3,(H,25,26)(H,27,28). The second-order valence-corrected chi connectivity index (χ2v) is 8.76. The molecule has 0 heterocycles. The number of carboxylic acid groups (broad SMARTS) is 1. The number of aryl methyl sites for hydroxylation is 1. The van der Waals surface area contributed by atoms with Crippen molar-refractivity contribution in [3.63, 3.8) is 0 Å². The van der Waals surface area contributed by atoms with Gasteiger partial charge in [0.15, 0.2) is 0 Å². The highest BCUT2D eigenvalue weighted by molar-refractivity contribution is 5.94. The van der Waals surface area contributed by atoms with Crippen LogP contribution in [0.2, 0.25) is 0 Å². The molecule has 2 aromatic rings. The summed E-state index contributed by atoms with van der Waals surface area (Å²) in [5, 5.41) is 12.6. The molecule has 29 heavy (non-hydrogen) atoms. The molecular formula is C24H29NO4. The van der Waals surface area contributed by atoms with Crippen LogP contribution in [0.25, 0.3) is 0 Å². The van der Waals surface area contributed by atoms with Gasteiger partial charge in [-0.15, -0.1) is 0 Å². The lowest BCUT2D eigenvalue weighted by Gasteiger charge is -2.37. The first-order valence-electron chi connectivity index (χ1n) is 9.94. The van der Waals surface area contributed by atoms with Crippen LogP contribution in [-0.2, 0) is 9.59 Å². The van der Waals surface area contributed by atoms with Gasteiger partial charge in [-0.1, -0.05) is 26.0 Å². The number of nitrogens with one attached hydrogen (secondary N) is 1. The van der Waals surface area contributed by atoms with Crippen LogP contribution in [-0.4, -0.2) is 17.0 Å². The van der Waals surface area contributed by atoms with E-state index in [0.29, 0.717) is 24.3 Å². The normalized spacial score (nSPS) is 22.9. The average Bonchev–Trinajstić information content (AvgIpc) is 2.91. The Morgan fingerprint density at radius 3 is 2.31 bits per heavy atom. The molecule has 1 saturated carbocycles. The van der Waals surface area contributed by atoms with Crippen LogP contribution in [0.15, 0.2) is 42.5 Å². The second kappa shape index (κ2) is 7.54. The van der Waals surface area contributed by atoms with Gasteiger partial charge in [-0.2, -0.15) is 0 Å². The van der Waals surface area contributed by atoms with Crippen LogP contribution in [0.4, 0.5) is 5.69 Å². The lowest BCUT2D eigenvalue weighted by Crippen LogP contribution is -2.43. The number of rotatable bonds is 5. The van der Waals surface area contributed by atoms with Crippen LogP contribution in [0.3, 0.4) is 0 Å². The molecular weight excluding hydrogens is 366 g/mol. The van der Waals surface area contributed by atoms with E-state index in [0.717, 1.165) is 11.3 Å². The molecule has 3 rings (SSSR count). The number of carbonyl (C=O) groups excluding carboxylic acids is 1. The Hall–Kier alpha value is -2.82. The second-order valence-electron chi connectivity index (χ2n) is 8.76. The molecule has 0 aliphatic heterocycles. The van der Waals surface area contributed by atoms with Crippen LogP contribution in [0, 0.1) is 30.6 Å². The van der Waals surface area contributed by atoms with Gasteiger partial charge in [0.1, 0.15) is 11.5 Å². The van der Waals surface area contributed by atoms with Gasteiger partial charge in [0, 0.05) is 11.6 Å². The Morgan fingerprint density at radius 1 is 1.07 bits per heavy atom. The predicted molar refractivity (Wildman–Crippen MR) is 113 cm³/mol. The molecule has 1 fully saturated rings. The average molecular weight is 395 g/mol. The van der Waals surface area contributed by atoms with Crippen LogP contribution < -0.4 is 10.1 Å². The molecule has 2 aromatic carbocycles. The highest BCUT2D eigenvalue weighted by Gasteiger charge is 2.58. The highest BCUT2D eigenvalue weighted by atomic mass is 16.5. The predicted octanol–water partition coefficient (Wildman–Crippen LogP) is 5.56. The van der Waals surface area contributed by atoms with Crippen molar-refractivity contribution in [2.75, 3.05) is 5.32 Å². The van der Waals surface area contributed by atoms with E-state index in [-0.39, 0.29) is 11.8 Å². The molecule has 2 unspecified atom stereocenters. The van der Waals surface area contributed by atoms with E-state index < -0.39 is 16.8 Å². The number of aliphatic carboxylic acids is 1. The Labute approximate surface area is 172 Å². The quantitative estimate of drug-likeness (QED) is 0.695. The number of carboxylic acids is 1. The fraction of sp³-hybridized carbons (Fsp3) is 0.417. The lowest BCUT2D eigenvalue weighted by molar-refractivity contribution is -0.154. The van der Waals surface area contributed by atoms with Gasteiger partial charge in [0.25, 0.3) is 0 Å². The molecule has 0 aromatic heterocycles. The van der Waals surface area contributed by atoms with Gasteiger partial charge >= 0.3 is 5.97 Å². The van der Waals surface area contributed by atoms with Crippen molar-refractivity contribution in [3.8, 4) is 11.5 Å². The Morgan fingerprint density at radius 2 is 1.72 bits per heavy atom. The van der Waals surface area contributed by atoms with Crippen molar-refractivity contribution < 1.29 is 19.4 Å². The summed E-state index contributed by atoms with van der Waals surface area (Å²) >= 11 is 0. The van der Waals surface area contributed by atoms with E-state index in [1.807, 2.05) is 58.0 Å². The molecule has 2 N–H and O–H groups in total. The van der Waals surface area contributed by atoms with E-state index in [1.54, 1.807) is 19.1 Å². The van der Waals surface area contributed by atoms with Crippen molar-refractivity contribution in [2.45, 2.75) is 47.5 Å². The fourth-order valence-corrected chi connectivity index (χ4v) is 4.14. The van der Waals surface area contributed by atoms with Crippen molar-refractivity contribution >= 4 is 17.6 Å². The van der Waals surface area contributed by atoms with Gasteiger partial charge in [0.05, 0.1) is 5.41 Å². The van der Waals surface area contributed by atoms with Crippen molar-refractivity contribution in [1.29, 1.82) is 0 Å². The minimum absolute atomic E-state index is 0.136. The summed E-state index contributed by atoms with van der Waals surface area (Å²) in [5.74, 6) is 0.169. The van der Waals surface area contributed by atoms with E-state index in [4.69, 9.17) is 4.74 Å². The van der Waals surface area contributed by atoms with E-state index in [1.165, 1.54) is 5.56 Å². The summed E-state index contributed by atoms with van der Waals surface area (Å²) in [4.78, 5) is 24.6. The van der Waals surface area contributed by atoms with Crippen LogP contribution >= 0.6 is 0 Å². The minimum atomic E-state index is -0.904. The largest absolute Gasteiger partial charge is 0.481 e. The first-order valence-corrected chi connectivity index (χ1v) is 9.94. The molecule has 1 aliphatic rings. The number of anilines is 1. The minimum Gasteiger partial charge on any atom is -0.481 e. The van der Waals surface area contributed by atoms with Gasteiger partial charge in [0.2, 0.25) is 5.91 Å². The molecule has 0 radical (unpaired) electrons. The van der Waals surface area contributed by atoms with E-state index in [9.17, 15) is 14.7 Å². The number of benzene rings is 2. The summed E-state index contributed by atoms with van der Waals surface area (Å²) in [6, 6.07) is 13.2. The third-order valence-corrected chi connectivity index (χ3v) is 6.92. The molecule has 1 aliphatic carbocycles. The third-order valence-electron chi connectivity index (χ3n) is 6.92. The highest BCUT2D eigenvalue weighted by Crippen LogP contribution is 2.56. The van der Waals surface area contributed by atoms with E-state index in [2.05, 4.69) is 5.32 Å². The maximum Gasteiger partial charge on any atom is 0.309 e. The smallest absolute Gasteiger partial charge is 0.309 e. The molecule has 0 bridgehead atoms. The molecule has 0 saturated heterocycles. The van der Waals surface area contributed by atoms with Crippen LogP contribution in [0.1, 0.15) is 44.7 Å². The van der Waals surface area contributed by atoms with E-state index >= 15 is 0 Å². The molecule has 1 amide bonds. The third kappa shape index (κ3) is 3.74. The van der Waals surface area contributed by atoms with Crippen molar-refractivity contribution in [1.82, 2.24) is 0 Å². The SMILES string of the molecule is Cc1cccc(Oc2ccc(NC(=O)C3CCC(C)(C(=O)O)C3(C)C)cc2)c1C. The van der Waals surface area contributed by atoms with Crippen LogP contribution in [0.5, 0.6) is 11.5 Å². The van der Waals surface area contributed by atoms with Gasteiger partial charge in [-0.3, -0.25) is 9.59 Å². The Bertz CT molecular complexity index is 932. The monoisotopic (exact) mass is 395 g/mol. The van der Waals surface area contributed by atoms with Gasteiger partial charge < -0.3 is 15.2 Å².